The van der Waals surface area contributed by atoms with Crippen LogP contribution in [0, 0.1) is 19.3 Å². The van der Waals surface area contributed by atoms with Gasteiger partial charge < -0.3 is 4.57 Å². The zero-order valence-electron chi connectivity index (χ0n) is 17.4. The number of aromatic nitrogens is 1. The summed E-state index contributed by atoms with van der Waals surface area (Å²) >= 11 is 0.681. The highest BCUT2D eigenvalue weighted by Gasteiger charge is 2.38. The molecule has 4 rings (SSSR count). The van der Waals surface area contributed by atoms with Gasteiger partial charge in [0.1, 0.15) is 0 Å². The average Bonchev–Trinajstić information content (AvgIpc) is 3.25. The van der Waals surface area contributed by atoms with Crippen LogP contribution >= 0.6 is 11.8 Å². The van der Waals surface area contributed by atoms with Crippen molar-refractivity contribution < 1.29 is 26.4 Å². The van der Waals surface area contributed by atoms with Gasteiger partial charge in [-0.25, -0.2) is 8.42 Å². The number of thioether (sulfide) groups is 1. The molecule has 13 heteroatoms. The van der Waals surface area contributed by atoms with Crippen LogP contribution in [0.3, 0.4) is 0 Å². The zero-order chi connectivity index (χ0) is 24.3. The highest BCUT2D eigenvalue weighted by atomic mass is 32.3. The molecule has 2 aliphatic heterocycles. The van der Waals surface area contributed by atoms with E-state index in [1.165, 1.54) is 12.1 Å². The standard InChI is InChI=1S/C20H16F3N5O3S2/c1-10-7-12(11(2)27(10)14-6-4-5-13(9-14)20(21,22)23)8-15-16(24)28-18(25-17(15)29)32-19(26-28)33(3,30)31/h4-9,24H,1-3H3/b15-8-,24-16?. The van der Waals surface area contributed by atoms with Crippen molar-refractivity contribution in [2.75, 3.05) is 6.26 Å². The van der Waals surface area contributed by atoms with Gasteiger partial charge in [0.15, 0.2) is 5.84 Å². The Morgan fingerprint density at radius 1 is 1.18 bits per heavy atom. The van der Waals surface area contributed by atoms with Gasteiger partial charge in [0.05, 0.1) is 11.1 Å². The minimum atomic E-state index is -4.49. The van der Waals surface area contributed by atoms with Gasteiger partial charge in [0.2, 0.25) is 19.4 Å². The Morgan fingerprint density at radius 3 is 2.52 bits per heavy atom. The van der Waals surface area contributed by atoms with E-state index in [0.29, 0.717) is 34.4 Å². The summed E-state index contributed by atoms with van der Waals surface area (Å²) in [7, 11) is -3.65. The molecule has 1 N–H and O–H groups in total. The van der Waals surface area contributed by atoms with Gasteiger partial charge in [0.25, 0.3) is 5.91 Å². The second-order valence-corrected chi connectivity index (χ2v) is 10.5. The summed E-state index contributed by atoms with van der Waals surface area (Å²) in [6, 6.07) is 6.54. The van der Waals surface area contributed by atoms with Crippen LogP contribution in [0.15, 0.2) is 46.0 Å². The summed E-state index contributed by atoms with van der Waals surface area (Å²) in [5, 5.41) is 13.2. The molecule has 1 aromatic carbocycles. The first-order chi connectivity index (χ1) is 15.3. The highest BCUT2D eigenvalue weighted by molar-refractivity contribution is 8.42. The molecule has 0 spiro atoms. The summed E-state index contributed by atoms with van der Waals surface area (Å²) in [4.78, 5) is 16.4. The number of aryl methyl sites for hydroxylation is 1. The van der Waals surface area contributed by atoms with E-state index in [9.17, 15) is 26.4 Å². The summed E-state index contributed by atoms with van der Waals surface area (Å²) in [6.07, 6.45) is -2.13. The molecule has 0 saturated carbocycles. The number of carbonyl (C=O) groups is 1. The first-order valence-electron chi connectivity index (χ1n) is 9.34. The molecule has 0 bridgehead atoms. The Kier molecular flexibility index (Phi) is 5.36. The monoisotopic (exact) mass is 495 g/mol. The van der Waals surface area contributed by atoms with Crippen LogP contribution in [-0.4, -0.2) is 45.5 Å². The maximum absolute atomic E-state index is 13.1. The van der Waals surface area contributed by atoms with E-state index < -0.39 is 27.5 Å². The smallest absolute Gasteiger partial charge is 0.318 e. The number of alkyl halides is 3. The van der Waals surface area contributed by atoms with E-state index in [1.807, 2.05) is 0 Å². The fourth-order valence-corrected chi connectivity index (χ4v) is 5.12. The van der Waals surface area contributed by atoms with Crippen LogP contribution in [0.25, 0.3) is 11.8 Å². The number of benzene rings is 1. The van der Waals surface area contributed by atoms with Crippen molar-refractivity contribution >= 4 is 49.0 Å². The maximum atomic E-state index is 13.1. The number of nitrogens with zero attached hydrogens (tertiary/aromatic N) is 4. The minimum Gasteiger partial charge on any atom is -0.318 e. The number of rotatable bonds is 2. The number of sulfone groups is 1. The van der Waals surface area contributed by atoms with Gasteiger partial charge in [0, 0.05) is 23.3 Å². The Morgan fingerprint density at radius 2 is 1.88 bits per heavy atom. The van der Waals surface area contributed by atoms with Crippen molar-refractivity contribution in [1.82, 2.24) is 9.58 Å². The lowest BCUT2D eigenvalue weighted by atomic mass is 10.1. The number of nitrogens with one attached hydrogen (secondary N) is 1. The van der Waals surface area contributed by atoms with E-state index in [0.717, 1.165) is 23.4 Å². The van der Waals surface area contributed by atoms with Crippen LogP contribution < -0.4 is 0 Å². The minimum absolute atomic E-state index is 0.0305. The second-order valence-electron chi connectivity index (χ2n) is 7.37. The molecule has 2 aromatic rings. The van der Waals surface area contributed by atoms with E-state index in [-0.39, 0.29) is 21.0 Å². The Balaban J connectivity index is 1.76. The van der Waals surface area contributed by atoms with Crippen LogP contribution in [0.2, 0.25) is 0 Å². The van der Waals surface area contributed by atoms with Crippen molar-refractivity contribution in [2.45, 2.75) is 20.0 Å². The van der Waals surface area contributed by atoms with Crippen molar-refractivity contribution in [3.8, 4) is 5.69 Å². The van der Waals surface area contributed by atoms with Crippen LogP contribution in [0.5, 0.6) is 0 Å². The largest absolute Gasteiger partial charge is 0.416 e. The lowest BCUT2D eigenvalue weighted by Gasteiger charge is -2.20. The number of hydrogen-bond donors (Lipinski definition) is 1. The van der Waals surface area contributed by atoms with Crippen LogP contribution in [-0.2, 0) is 20.8 Å². The molecule has 0 radical (unpaired) electrons. The third kappa shape index (κ3) is 4.13. The number of amidine groups is 2. The normalized spacial score (nSPS) is 18.0. The molecule has 8 nitrogen and oxygen atoms in total. The Bertz CT molecular complexity index is 1420. The quantitative estimate of drug-likeness (QED) is 0.639. The number of halogens is 3. The fraction of sp³-hybridized carbons (Fsp3) is 0.200. The van der Waals surface area contributed by atoms with E-state index in [1.54, 1.807) is 30.5 Å². The second kappa shape index (κ2) is 7.70. The third-order valence-electron chi connectivity index (χ3n) is 4.95. The Hall–Kier alpha value is -3.19. The molecule has 0 atom stereocenters. The van der Waals surface area contributed by atoms with Crippen molar-refractivity contribution in [3.05, 3.63) is 58.4 Å². The molecule has 0 aliphatic carbocycles. The molecule has 2 aliphatic rings. The van der Waals surface area contributed by atoms with Gasteiger partial charge in [-0.2, -0.15) is 23.2 Å². The van der Waals surface area contributed by atoms with Gasteiger partial charge in [-0.3, -0.25) is 10.2 Å². The predicted octanol–water partition coefficient (Wildman–Crippen LogP) is 3.73. The number of fused-ring (bicyclic) bond motifs is 1. The number of amides is 1. The molecular weight excluding hydrogens is 479 g/mol. The molecule has 0 saturated heterocycles. The fourth-order valence-electron chi connectivity index (χ4n) is 3.43. The lowest BCUT2D eigenvalue weighted by Crippen LogP contribution is -2.35. The number of aliphatic imine (C=N–C) groups is 1. The van der Waals surface area contributed by atoms with Crippen LogP contribution in [0.4, 0.5) is 13.2 Å². The zero-order valence-corrected chi connectivity index (χ0v) is 19.1. The number of hydrazone groups is 1. The third-order valence-corrected chi connectivity index (χ3v) is 7.53. The van der Waals surface area contributed by atoms with Gasteiger partial charge in [-0.05, 0) is 61.5 Å². The topological polar surface area (TPSA) is 108 Å². The lowest BCUT2D eigenvalue weighted by molar-refractivity contribution is -0.137. The molecule has 0 unspecified atom stereocenters. The molecular formula is C20H16F3N5O3S2. The van der Waals surface area contributed by atoms with Gasteiger partial charge in [-0.15, -0.1) is 5.10 Å². The van der Waals surface area contributed by atoms with Gasteiger partial charge in [-0.1, -0.05) is 6.07 Å². The summed E-state index contributed by atoms with van der Waals surface area (Å²) in [5.41, 5.74) is 1.05. The Labute approximate surface area is 190 Å². The highest BCUT2D eigenvalue weighted by Crippen LogP contribution is 2.33. The number of carbonyl (C=O) groups excluding carboxylic acids is 1. The maximum Gasteiger partial charge on any atom is 0.416 e. The van der Waals surface area contributed by atoms with Crippen molar-refractivity contribution in [1.29, 1.82) is 5.41 Å². The molecule has 1 aromatic heterocycles. The van der Waals surface area contributed by atoms with E-state index >= 15 is 0 Å². The first kappa shape index (κ1) is 23.0. The van der Waals surface area contributed by atoms with Gasteiger partial charge >= 0.3 is 6.18 Å². The first-order valence-corrected chi connectivity index (χ1v) is 12.0. The molecule has 0 fully saturated rings. The molecule has 33 heavy (non-hydrogen) atoms. The molecule has 172 valence electrons. The summed E-state index contributed by atoms with van der Waals surface area (Å²) in [5.74, 6) is -1.09. The average molecular weight is 496 g/mol. The van der Waals surface area contributed by atoms with Crippen molar-refractivity contribution in [2.24, 2.45) is 10.1 Å². The van der Waals surface area contributed by atoms with E-state index in [4.69, 9.17) is 5.41 Å². The molecule has 1 amide bonds. The number of hydrogen-bond acceptors (Lipinski definition) is 6. The van der Waals surface area contributed by atoms with E-state index in [2.05, 4.69) is 10.1 Å². The summed E-state index contributed by atoms with van der Waals surface area (Å²) < 4.78 is 64.3. The summed E-state index contributed by atoms with van der Waals surface area (Å²) in [6.45, 7) is 3.39. The van der Waals surface area contributed by atoms with Crippen LogP contribution in [0.1, 0.15) is 22.5 Å². The predicted molar refractivity (Wildman–Crippen MR) is 120 cm³/mol. The molecule has 3 heterocycles. The van der Waals surface area contributed by atoms with Crippen molar-refractivity contribution in [3.63, 3.8) is 0 Å². The SMILES string of the molecule is Cc1cc(/C=C2/C(=N)N3N=C(S(C)(=O)=O)SC3=NC2=O)c(C)n1-c1cccc(C(F)(F)F)c1.